The Bertz CT molecular complexity index is 694. The van der Waals surface area contributed by atoms with E-state index < -0.39 is 18.1 Å². The van der Waals surface area contributed by atoms with E-state index in [9.17, 15) is 9.59 Å². The first-order valence-corrected chi connectivity index (χ1v) is 8.04. The molecule has 6 nitrogen and oxygen atoms in total. The standard InChI is InChI=1S/C17H17BrN2O4/c1-23-16(21)14(10-13-8-5-9-15(18)19-13)20-17(22)24-11-12-6-3-2-4-7-12/h2-9,14H,10-11H2,1H3,(H,20,22). The Labute approximate surface area is 148 Å². The summed E-state index contributed by atoms with van der Waals surface area (Å²) in [4.78, 5) is 28.1. The fourth-order valence-electron chi connectivity index (χ4n) is 2.02. The van der Waals surface area contributed by atoms with Crippen LogP contribution in [0.15, 0.2) is 53.1 Å². The van der Waals surface area contributed by atoms with Gasteiger partial charge in [-0.05, 0) is 33.6 Å². The number of carbonyl (C=O) groups is 2. The number of ether oxygens (including phenoxy) is 2. The van der Waals surface area contributed by atoms with Crippen LogP contribution in [0.1, 0.15) is 11.3 Å². The largest absolute Gasteiger partial charge is 0.467 e. The van der Waals surface area contributed by atoms with Gasteiger partial charge in [-0.15, -0.1) is 0 Å². The lowest BCUT2D eigenvalue weighted by Gasteiger charge is -2.16. The van der Waals surface area contributed by atoms with E-state index in [1.165, 1.54) is 7.11 Å². The third-order valence-electron chi connectivity index (χ3n) is 3.18. The number of nitrogens with zero attached hydrogens (tertiary/aromatic N) is 1. The van der Waals surface area contributed by atoms with E-state index in [1.807, 2.05) is 30.3 Å². The Kier molecular flexibility index (Phi) is 6.74. The molecule has 1 atom stereocenters. The maximum absolute atomic E-state index is 11.9. The molecule has 7 heteroatoms. The molecule has 0 aliphatic carbocycles. The summed E-state index contributed by atoms with van der Waals surface area (Å²) in [5.41, 5.74) is 1.50. The van der Waals surface area contributed by atoms with Gasteiger partial charge in [0, 0.05) is 12.1 Å². The zero-order valence-electron chi connectivity index (χ0n) is 13.1. The highest BCUT2D eigenvalue weighted by Crippen LogP contribution is 2.09. The van der Waals surface area contributed by atoms with E-state index in [-0.39, 0.29) is 13.0 Å². The van der Waals surface area contributed by atoms with Gasteiger partial charge < -0.3 is 14.8 Å². The fraction of sp³-hybridized carbons (Fsp3) is 0.235. The van der Waals surface area contributed by atoms with Crippen molar-refractivity contribution >= 4 is 28.0 Å². The van der Waals surface area contributed by atoms with E-state index >= 15 is 0 Å². The second-order valence-electron chi connectivity index (χ2n) is 4.94. The summed E-state index contributed by atoms with van der Waals surface area (Å²) in [7, 11) is 1.26. The summed E-state index contributed by atoms with van der Waals surface area (Å²) in [5.74, 6) is -0.562. The summed E-state index contributed by atoms with van der Waals surface area (Å²) in [6.45, 7) is 0.121. The van der Waals surface area contributed by atoms with Crippen molar-refractivity contribution in [3.8, 4) is 0 Å². The molecular weight excluding hydrogens is 376 g/mol. The number of esters is 1. The predicted molar refractivity (Wildman–Crippen MR) is 91.2 cm³/mol. The van der Waals surface area contributed by atoms with E-state index in [0.29, 0.717) is 10.3 Å². The number of benzene rings is 1. The number of hydrogen-bond acceptors (Lipinski definition) is 5. The molecule has 0 aliphatic rings. The molecule has 24 heavy (non-hydrogen) atoms. The van der Waals surface area contributed by atoms with Gasteiger partial charge in [-0.25, -0.2) is 14.6 Å². The Hall–Kier alpha value is -2.41. The first-order chi connectivity index (χ1) is 11.6. The fourth-order valence-corrected chi connectivity index (χ4v) is 2.40. The number of hydrogen-bond donors (Lipinski definition) is 1. The molecule has 1 amide bonds. The van der Waals surface area contributed by atoms with Gasteiger partial charge in [0.25, 0.3) is 0 Å². The van der Waals surface area contributed by atoms with Crippen LogP contribution in [0.5, 0.6) is 0 Å². The van der Waals surface area contributed by atoms with Gasteiger partial charge in [0.2, 0.25) is 0 Å². The topological polar surface area (TPSA) is 77.5 Å². The molecule has 0 aliphatic heterocycles. The Balaban J connectivity index is 1.95. The van der Waals surface area contributed by atoms with Crippen molar-refractivity contribution in [2.75, 3.05) is 7.11 Å². The average molecular weight is 393 g/mol. The number of alkyl carbamates (subject to hydrolysis) is 1. The van der Waals surface area contributed by atoms with Gasteiger partial charge in [0.05, 0.1) is 7.11 Å². The first kappa shape index (κ1) is 17.9. The zero-order valence-corrected chi connectivity index (χ0v) is 14.7. The number of rotatable bonds is 6. The minimum absolute atomic E-state index is 0.121. The molecule has 0 saturated carbocycles. The van der Waals surface area contributed by atoms with Crippen molar-refractivity contribution in [3.05, 3.63) is 64.4 Å². The summed E-state index contributed by atoms with van der Waals surface area (Å²) in [5, 5.41) is 2.51. The van der Waals surface area contributed by atoms with Crippen molar-refractivity contribution in [2.45, 2.75) is 19.1 Å². The van der Waals surface area contributed by atoms with Crippen molar-refractivity contribution in [1.82, 2.24) is 10.3 Å². The molecule has 1 aromatic carbocycles. The van der Waals surface area contributed by atoms with Crippen LogP contribution in [0.4, 0.5) is 4.79 Å². The summed E-state index contributed by atoms with van der Waals surface area (Å²) < 4.78 is 10.5. The minimum Gasteiger partial charge on any atom is -0.467 e. The zero-order chi connectivity index (χ0) is 17.4. The quantitative estimate of drug-likeness (QED) is 0.603. The molecule has 0 radical (unpaired) electrons. The molecule has 1 unspecified atom stereocenters. The van der Waals surface area contributed by atoms with Crippen LogP contribution in [-0.2, 0) is 27.3 Å². The van der Waals surface area contributed by atoms with Crippen molar-refractivity contribution in [3.63, 3.8) is 0 Å². The van der Waals surface area contributed by atoms with Crippen LogP contribution < -0.4 is 5.32 Å². The maximum Gasteiger partial charge on any atom is 0.408 e. The van der Waals surface area contributed by atoms with Gasteiger partial charge in [-0.3, -0.25) is 0 Å². The molecule has 1 N–H and O–H groups in total. The molecule has 0 fully saturated rings. The number of aromatic nitrogens is 1. The van der Waals surface area contributed by atoms with Gasteiger partial charge in [0.15, 0.2) is 0 Å². The van der Waals surface area contributed by atoms with Gasteiger partial charge in [-0.2, -0.15) is 0 Å². The Morgan fingerprint density at radius 1 is 1.17 bits per heavy atom. The highest BCUT2D eigenvalue weighted by atomic mass is 79.9. The Morgan fingerprint density at radius 2 is 1.92 bits per heavy atom. The van der Waals surface area contributed by atoms with Crippen LogP contribution in [-0.4, -0.2) is 30.2 Å². The van der Waals surface area contributed by atoms with Crippen molar-refractivity contribution in [2.24, 2.45) is 0 Å². The number of nitrogens with one attached hydrogen (secondary N) is 1. The second kappa shape index (κ2) is 9.02. The van der Waals surface area contributed by atoms with Crippen LogP contribution >= 0.6 is 15.9 Å². The average Bonchev–Trinajstić information content (AvgIpc) is 2.59. The summed E-state index contributed by atoms with van der Waals surface area (Å²) >= 11 is 3.27. The van der Waals surface area contributed by atoms with Crippen LogP contribution in [0.2, 0.25) is 0 Å². The van der Waals surface area contributed by atoms with E-state index in [4.69, 9.17) is 9.47 Å². The minimum atomic E-state index is -0.875. The molecule has 1 heterocycles. The molecule has 0 saturated heterocycles. The number of carbonyl (C=O) groups excluding carboxylic acids is 2. The van der Waals surface area contributed by atoms with Crippen LogP contribution in [0.25, 0.3) is 0 Å². The number of amides is 1. The molecule has 126 valence electrons. The molecule has 0 spiro atoms. The summed E-state index contributed by atoms with van der Waals surface area (Å²) in [6, 6.07) is 13.7. The number of methoxy groups -OCH3 is 1. The molecular formula is C17H17BrN2O4. The third-order valence-corrected chi connectivity index (χ3v) is 3.62. The first-order valence-electron chi connectivity index (χ1n) is 7.25. The Morgan fingerprint density at radius 3 is 2.58 bits per heavy atom. The van der Waals surface area contributed by atoms with Gasteiger partial charge in [-0.1, -0.05) is 36.4 Å². The second-order valence-corrected chi connectivity index (χ2v) is 5.75. The van der Waals surface area contributed by atoms with Crippen molar-refractivity contribution in [1.29, 1.82) is 0 Å². The highest BCUT2D eigenvalue weighted by molar-refractivity contribution is 9.10. The van der Waals surface area contributed by atoms with E-state index in [0.717, 1.165) is 5.56 Å². The third kappa shape index (κ3) is 5.66. The molecule has 1 aromatic heterocycles. The van der Waals surface area contributed by atoms with Gasteiger partial charge in [0.1, 0.15) is 17.3 Å². The lowest BCUT2D eigenvalue weighted by molar-refractivity contribution is -0.143. The SMILES string of the molecule is COC(=O)C(Cc1cccc(Br)n1)NC(=O)OCc1ccccc1. The maximum atomic E-state index is 11.9. The van der Waals surface area contributed by atoms with Gasteiger partial charge >= 0.3 is 12.1 Å². The summed E-state index contributed by atoms with van der Waals surface area (Å²) in [6.07, 6.45) is -0.490. The van der Waals surface area contributed by atoms with Crippen molar-refractivity contribution < 1.29 is 19.1 Å². The number of halogens is 1. The van der Waals surface area contributed by atoms with Crippen LogP contribution in [0.3, 0.4) is 0 Å². The number of pyridine rings is 1. The normalized spacial score (nSPS) is 11.4. The highest BCUT2D eigenvalue weighted by Gasteiger charge is 2.23. The molecule has 0 bridgehead atoms. The predicted octanol–water partition coefficient (Wildman–Crippen LogP) is 2.85. The van der Waals surface area contributed by atoms with Crippen LogP contribution in [0, 0.1) is 0 Å². The molecule has 2 rings (SSSR count). The lowest BCUT2D eigenvalue weighted by atomic mass is 10.1. The van der Waals surface area contributed by atoms with E-state index in [1.54, 1.807) is 18.2 Å². The lowest BCUT2D eigenvalue weighted by Crippen LogP contribution is -2.43. The van der Waals surface area contributed by atoms with E-state index in [2.05, 4.69) is 26.2 Å². The monoisotopic (exact) mass is 392 g/mol. The smallest absolute Gasteiger partial charge is 0.408 e. The molecule has 2 aromatic rings.